The van der Waals surface area contributed by atoms with Crippen LogP contribution in [0.5, 0.6) is 5.75 Å². The standard InChI is InChI=1S/C17H24F3NO2/c1-13(22)14-7-9-21(12-14)8-2-3-10-23-16-6-4-5-15(11-16)17(18,19)20/h4-6,11,13-14,22H,2-3,7-10,12H2,1H3. The van der Waals surface area contributed by atoms with Crippen LogP contribution in [-0.2, 0) is 6.18 Å². The van der Waals surface area contributed by atoms with Crippen LogP contribution in [0.15, 0.2) is 24.3 Å². The van der Waals surface area contributed by atoms with E-state index < -0.39 is 11.7 Å². The molecule has 0 radical (unpaired) electrons. The third kappa shape index (κ3) is 5.70. The maximum absolute atomic E-state index is 12.6. The van der Waals surface area contributed by atoms with Crippen LogP contribution in [0.1, 0.15) is 31.7 Å². The van der Waals surface area contributed by atoms with Crippen molar-refractivity contribution in [2.24, 2.45) is 5.92 Å². The van der Waals surface area contributed by atoms with E-state index in [1.54, 1.807) is 6.07 Å². The lowest BCUT2D eigenvalue weighted by molar-refractivity contribution is -0.137. The van der Waals surface area contributed by atoms with E-state index in [1.807, 2.05) is 6.92 Å². The second kappa shape index (κ2) is 8.02. The summed E-state index contributed by atoms with van der Waals surface area (Å²) in [6.45, 7) is 5.11. The molecule has 0 aliphatic carbocycles. The SMILES string of the molecule is CC(O)C1CCN(CCCCOc2cccc(C(F)(F)F)c2)C1. The lowest BCUT2D eigenvalue weighted by Gasteiger charge is -2.17. The summed E-state index contributed by atoms with van der Waals surface area (Å²) in [5.41, 5.74) is -0.684. The molecule has 6 heteroatoms. The number of halogens is 3. The molecule has 2 unspecified atom stereocenters. The van der Waals surface area contributed by atoms with E-state index in [4.69, 9.17) is 4.74 Å². The quantitative estimate of drug-likeness (QED) is 0.776. The molecule has 0 saturated carbocycles. The molecule has 1 aromatic carbocycles. The van der Waals surface area contributed by atoms with Gasteiger partial charge >= 0.3 is 6.18 Å². The molecule has 1 aliphatic rings. The van der Waals surface area contributed by atoms with Gasteiger partial charge in [0.05, 0.1) is 18.3 Å². The minimum absolute atomic E-state index is 0.259. The fraction of sp³-hybridized carbons (Fsp3) is 0.647. The van der Waals surface area contributed by atoms with E-state index in [9.17, 15) is 18.3 Å². The van der Waals surface area contributed by atoms with Crippen molar-refractivity contribution in [3.8, 4) is 5.75 Å². The summed E-state index contributed by atoms with van der Waals surface area (Å²) in [5, 5.41) is 9.56. The number of hydrogen-bond donors (Lipinski definition) is 1. The van der Waals surface area contributed by atoms with Crippen molar-refractivity contribution in [1.82, 2.24) is 4.90 Å². The van der Waals surface area contributed by atoms with Crippen LogP contribution in [0.25, 0.3) is 0 Å². The highest BCUT2D eigenvalue weighted by atomic mass is 19.4. The summed E-state index contributed by atoms with van der Waals surface area (Å²) in [4.78, 5) is 2.32. The Kier molecular flexibility index (Phi) is 6.30. The first kappa shape index (κ1) is 18.1. The summed E-state index contributed by atoms with van der Waals surface area (Å²) in [6.07, 6.45) is -1.84. The summed E-state index contributed by atoms with van der Waals surface area (Å²) >= 11 is 0. The van der Waals surface area contributed by atoms with Gasteiger partial charge in [0.15, 0.2) is 0 Å². The molecule has 1 aromatic rings. The Labute approximate surface area is 135 Å². The Morgan fingerprint density at radius 1 is 1.35 bits per heavy atom. The minimum Gasteiger partial charge on any atom is -0.494 e. The van der Waals surface area contributed by atoms with E-state index >= 15 is 0 Å². The largest absolute Gasteiger partial charge is 0.494 e. The number of unbranched alkanes of at least 4 members (excludes halogenated alkanes) is 1. The molecule has 1 fully saturated rings. The lowest BCUT2D eigenvalue weighted by Crippen LogP contribution is -2.25. The van der Waals surface area contributed by atoms with E-state index in [1.165, 1.54) is 6.07 Å². The number of hydrogen-bond acceptors (Lipinski definition) is 3. The summed E-state index contributed by atoms with van der Waals surface area (Å²) in [7, 11) is 0. The molecule has 1 saturated heterocycles. The number of aliphatic hydroxyl groups excluding tert-OH is 1. The van der Waals surface area contributed by atoms with Gasteiger partial charge in [-0.2, -0.15) is 13.2 Å². The van der Waals surface area contributed by atoms with Gasteiger partial charge in [0.1, 0.15) is 5.75 Å². The number of nitrogens with zero attached hydrogens (tertiary/aromatic N) is 1. The van der Waals surface area contributed by atoms with Gasteiger partial charge in [-0.05, 0) is 63.4 Å². The van der Waals surface area contributed by atoms with Crippen molar-refractivity contribution in [2.75, 3.05) is 26.2 Å². The Bertz CT molecular complexity index is 491. The lowest BCUT2D eigenvalue weighted by atomic mass is 10.0. The molecule has 3 nitrogen and oxygen atoms in total. The molecule has 0 spiro atoms. The smallest absolute Gasteiger partial charge is 0.416 e. The number of benzene rings is 1. The normalized spacial score (nSPS) is 20.7. The van der Waals surface area contributed by atoms with Crippen LogP contribution in [0.4, 0.5) is 13.2 Å². The Balaban J connectivity index is 1.65. The van der Waals surface area contributed by atoms with E-state index in [-0.39, 0.29) is 11.9 Å². The molecule has 130 valence electrons. The molecule has 0 aromatic heterocycles. The molecule has 1 aliphatic heterocycles. The number of rotatable bonds is 7. The first-order valence-corrected chi connectivity index (χ1v) is 8.07. The number of alkyl halides is 3. The van der Waals surface area contributed by atoms with Crippen LogP contribution in [-0.4, -0.2) is 42.4 Å². The van der Waals surface area contributed by atoms with Gasteiger partial charge in [-0.3, -0.25) is 0 Å². The molecule has 2 atom stereocenters. The van der Waals surface area contributed by atoms with Crippen molar-refractivity contribution < 1.29 is 23.0 Å². The zero-order valence-electron chi connectivity index (χ0n) is 13.4. The van der Waals surface area contributed by atoms with Crippen molar-refractivity contribution in [1.29, 1.82) is 0 Å². The molecule has 23 heavy (non-hydrogen) atoms. The van der Waals surface area contributed by atoms with Gasteiger partial charge in [0.25, 0.3) is 0 Å². The minimum atomic E-state index is -4.34. The molecule has 0 amide bonds. The van der Waals surface area contributed by atoms with Crippen LogP contribution < -0.4 is 4.74 Å². The highest BCUT2D eigenvalue weighted by Gasteiger charge is 2.30. The van der Waals surface area contributed by atoms with Gasteiger partial charge < -0.3 is 14.7 Å². The highest BCUT2D eigenvalue weighted by Crippen LogP contribution is 2.31. The number of likely N-dealkylation sites (tertiary alicyclic amines) is 1. The zero-order valence-corrected chi connectivity index (χ0v) is 13.4. The van der Waals surface area contributed by atoms with Gasteiger partial charge in [-0.25, -0.2) is 0 Å². The Morgan fingerprint density at radius 3 is 2.78 bits per heavy atom. The molecular weight excluding hydrogens is 307 g/mol. The van der Waals surface area contributed by atoms with Gasteiger partial charge in [0.2, 0.25) is 0 Å². The maximum Gasteiger partial charge on any atom is 0.416 e. The van der Waals surface area contributed by atoms with Crippen LogP contribution >= 0.6 is 0 Å². The summed E-state index contributed by atoms with van der Waals surface area (Å²) in [5.74, 6) is 0.617. The second-order valence-electron chi connectivity index (χ2n) is 6.17. The molecule has 1 heterocycles. The van der Waals surface area contributed by atoms with E-state index in [2.05, 4.69) is 4.90 Å². The van der Waals surface area contributed by atoms with Gasteiger partial charge in [0, 0.05) is 6.54 Å². The fourth-order valence-electron chi connectivity index (χ4n) is 2.85. The number of aliphatic hydroxyl groups is 1. The van der Waals surface area contributed by atoms with E-state index in [0.29, 0.717) is 12.5 Å². The van der Waals surface area contributed by atoms with Gasteiger partial charge in [-0.1, -0.05) is 6.07 Å². The molecular formula is C17H24F3NO2. The van der Waals surface area contributed by atoms with E-state index in [0.717, 1.165) is 51.0 Å². The average Bonchev–Trinajstić information content (AvgIpc) is 2.95. The predicted octanol–water partition coefficient (Wildman–Crippen LogP) is 3.57. The topological polar surface area (TPSA) is 32.7 Å². The number of ether oxygens (including phenoxy) is 1. The fourth-order valence-corrected chi connectivity index (χ4v) is 2.85. The maximum atomic E-state index is 12.6. The third-order valence-electron chi connectivity index (χ3n) is 4.29. The van der Waals surface area contributed by atoms with Crippen LogP contribution in [0, 0.1) is 5.92 Å². The molecule has 0 bridgehead atoms. The first-order valence-electron chi connectivity index (χ1n) is 8.07. The van der Waals surface area contributed by atoms with Crippen molar-refractivity contribution in [3.63, 3.8) is 0 Å². The molecule has 2 rings (SSSR count). The summed E-state index contributed by atoms with van der Waals surface area (Å²) in [6, 6.07) is 4.98. The third-order valence-corrected chi connectivity index (χ3v) is 4.29. The Hall–Kier alpha value is -1.27. The second-order valence-corrected chi connectivity index (χ2v) is 6.17. The average molecular weight is 331 g/mol. The zero-order chi connectivity index (χ0) is 16.9. The van der Waals surface area contributed by atoms with Crippen LogP contribution in [0.2, 0.25) is 0 Å². The predicted molar refractivity (Wildman–Crippen MR) is 82.4 cm³/mol. The van der Waals surface area contributed by atoms with Gasteiger partial charge in [-0.15, -0.1) is 0 Å². The van der Waals surface area contributed by atoms with Crippen LogP contribution in [0.3, 0.4) is 0 Å². The van der Waals surface area contributed by atoms with Crippen molar-refractivity contribution in [3.05, 3.63) is 29.8 Å². The summed E-state index contributed by atoms with van der Waals surface area (Å²) < 4.78 is 43.2. The van der Waals surface area contributed by atoms with Crippen molar-refractivity contribution >= 4 is 0 Å². The molecule has 1 N–H and O–H groups in total. The highest BCUT2D eigenvalue weighted by molar-refractivity contribution is 5.30. The first-order chi connectivity index (χ1) is 10.9. The van der Waals surface area contributed by atoms with Crippen molar-refractivity contribution in [2.45, 2.75) is 38.5 Å². The Morgan fingerprint density at radius 2 is 2.13 bits per heavy atom. The monoisotopic (exact) mass is 331 g/mol.